The van der Waals surface area contributed by atoms with E-state index in [-0.39, 0.29) is 35.3 Å². The Balaban J connectivity index is 0.00000272. The molecule has 0 saturated heterocycles. The van der Waals surface area contributed by atoms with E-state index in [2.05, 4.69) is 20.8 Å². The van der Waals surface area contributed by atoms with Crippen molar-refractivity contribution in [1.82, 2.24) is 4.72 Å². The van der Waals surface area contributed by atoms with E-state index in [4.69, 9.17) is 0 Å². The van der Waals surface area contributed by atoms with Crippen molar-refractivity contribution < 1.29 is 22.7 Å². The average Bonchev–Trinajstić information content (AvgIpc) is 3.36. The number of urea groups is 1. The third-order valence-corrected chi connectivity index (χ3v) is 6.90. The number of ether oxygens (including phenoxy) is 1. The summed E-state index contributed by atoms with van der Waals surface area (Å²) in [5, 5.41) is 2.83. The van der Waals surface area contributed by atoms with Gasteiger partial charge in [0.2, 0.25) is 10.0 Å². The number of hydrogen-bond donors (Lipinski definition) is 2. The zero-order valence-electron chi connectivity index (χ0n) is 17.8. The number of nitrogens with one attached hydrogen (secondary N) is 2. The molecule has 0 aromatic heterocycles. The number of aryl methyl sites for hydroxylation is 2. The summed E-state index contributed by atoms with van der Waals surface area (Å²) < 4.78 is 31.7. The van der Waals surface area contributed by atoms with Crippen LogP contribution in [-0.2, 0) is 46.2 Å². The molecule has 0 aliphatic heterocycles. The number of rotatable bonds is 5. The molecule has 0 spiro atoms. The maximum Gasteiger partial charge on any atom is 0.337 e. The van der Waals surface area contributed by atoms with E-state index >= 15 is 0 Å². The molecule has 2 aromatic rings. The first-order valence-electron chi connectivity index (χ1n) is 10.0. The molecular weight excluding hydrogens is 427 g/mol. The van der Waals surface area contributed by atoms with Gasteiger partial charge in [-0.15, -0.1) is 0 Å². The van der Waals surface area contributed by atoms with Gasteiger partial charge in [0.25, 0.3) is 0 Å². The van der Waals surface area contributed by atoms with Crippen LogP contribution in [0.1, 0.15) is 51.0 Å². The molecule has 0 atom stereocenters. The minimum Gasteiger partial charge on any atom is -0.465 e. The van der Waals surface area contributed by atoms with Crippen molar-refractivity contribution in [1.29, 1.82) is 0 Å². The van der Waals surface area contributed by atoms with Gasteiger partial charge < -0.3 is 10.1 Å². The van der Waals surface area contributed by atoms with Gasteiger partial charge in [-0.2, -0.15) is 0 Å². The van der Waals surface area contributed by atoms with Crippen LogP contribution in [0.2, 0.25) is 0 Å². The Morgan fingerprint density at radius 3 is 2.10 bits per heavy atom. The standard InChI is InChI=1S/C22H24N2O5S.Na/c1-29-21(25)15-10-8-14(9-11-15)13-30(27,28)24-22(26)23-20-18-6-2-4-16(18)12-17-5-3-7-19(17)20;/h8-12H,2-7,13H2,1H3,(H2,23,24,26);. The van der Waals surface area contributed by atoms with E-state index in [1.165, 1.54) is 42.5 Å². The third-order valence-electron chi connectivity index (χ3n) is 5.69. The fourth-order valence-electron chi connectivity index (χ4n) is 4.36. The van der Waals surface area contributed by atoms with Crippen LogP contribution < -0.4 is 10.0 Å². The van der Waals surface area contributed by atoms with E-state index in [9.17, 15) is 18.0 Å². The quantitative estimate of drug-likeness (QED) is 0.538. The van der Waals surface area contributed by atoms with Crippen LogP contribution in [0, 0.1) is 0 Å². The SMILES string of the molecule is COC(=O)c1ccc(CS(=O)(=O)NC(=O)Nc2c3c(cc4c2CCC4)CCC3)cc1.[Na]. The number of benzene rings is 2. The van der Waals surface area contributed by atoms with Gasteiger partial charge in [0.05, 0.1) is 18.4 Å². The van der Waals surface area contributed by atoms with Crippen LogP contribution in [0.5, 0.6) is 0 Å². The smallest absolute Gasteiger partial charge is 0.337 e. The van der Waals surface area contributed by atoms with Crippen molar-refractivity contribution in [3.05, 3.63) is 63.7 Å². The number of sulfonamides is 1. The molecule has 2 aliphatic carbocycles. The van der Waals surface area contributed by atoms with Gasteiger partial charge in [0.1, 0.15) is 0 Å². The fraction of sp³-hybridized carbons (Fsp3) is 0.364. The molecule has 1 radical (unpaired) electrons. The van der Waals surface area contributed by atoms with Crippen molar-refractivity contribution in [2.24, 2.45) is 0 Å². The molecule has 31 heavy (non-hydrogen) atoms. The molecular formula is C22H24N2NaO5S. The van der Waals surface area contributed by atoms with Gasteiger partial charge in [0.15, 0.2) is 0 Å². The monoisotopic (exact) mass is 451 g/mol. The number of hydrogen-bond acceptors (Lipinski definition) is 5. The minimum atomic E-state index is -3.90. The summed E-state index contributed by atoms with van der Waals surface area (Å²) in [5.74, 6) is -0.864. The maximum absolute atomic E-state index is 12.5. The van der Waals surface area contributed by atoms with Crippen molar-refractivity contribution in [2.75, 3.05) is 12.4 Å². The molecule has 9 heteroatoms. The first-order chi connectivity index (χ1) is 14.4. The summed E-state index contributed by atoms with van der Waals surface area (Å²) in [6, 6.07) is 7.56. The predicted molar refractivity (Wildman–Crippen MR) is 119 cm³/mol. The molecule has 2 aliphatic rings. The number of anilines is 1. The van der Waals surface area contributed by atoms with Gasteiger partial charge >= 0.3 is 12.0 Å². The Hall–Kier alpha value is -1.87. The van der Waals surface area contributed by atoms with Gasteiger partial charge in [-0.05, 0) is 78.5 Å². The molecule has 0 saturated carbocycles. The molecule has 0 unspecified atom stereocenters. The Kier molecular flexibility index (Phi) is 7.47. The maximum atomic E-state index is 12.5. The second kappa shape index (κ2) is 9.73. The molecule has 4 rings (SSSR count). The fourth-order valence-corrected chi connectivity index (χ4v) is 5.39. The Bertz CT molecular complexity index is 1080. The number of carbonyl (C=O) groups excluding carboxylic acids is 2. The van der Waals surface area contributed by atoms with E-state index in [1.54, 1.807) is 0 Å². The van der Waals surface area contributed by atoms with Gasteiger partial charge in [-0.25, -0.2) is 22.7 Å². The molecule has 2 N–H and O–H groups in total. The third kappa shape index (κ3) is 5.31. The average molecular weight is 452 g/mol. The summed E-state index contributed by atoms with van der Waals surface area (Å²) in [6.07, 6.45) is 5.90. The van der Waals surface area contributed by atoms with Gasteiger partial charge in [0, 0.05) is 35.2 Å². The van der Waals surface area contributed by atoms with E-state index < -0.39 is 22.0 Å². The van der Waals surface area contributed by atoms with E-state index in [0.29, 0.717) is 11.1 Å². The number of carbonyl (C=O) groups is 2. The zero-order valence-corrected chi connectivity index (χ0v) is 20.6. The van der Waals surface area contributed by atoms with Gasteiger partial charge in [-0.3, -0.25) is 0 Å². The number of methoxy groups -OCH3 is 1. The normalized spacial score (nSPS) is 14.2. The van der Waals surface area contributed by atoms with Gasteiger partial charge in [-0.1, -0.05) is 18.2 Å². The number of fused-ring (bicyclic) bond motifs is 2. The second-order valence-electron chi connectivity index (χ2n) is 7.74. The molecule has 0 bridgehead atoms. The molecule has 0 fully saturated rings. The van der Waals surface area contributed by atoms with Crippen LogP contribution in [0.4, 0.5) is 10.5 Å². The van der Waals surface area contributed by atoms with Crippen molar-refractivity contribution >= 4 is 57.3 Å². The zero-order chi connectivity index (χ0) is 21.3. The first kappa shape index (κ1) is 23.8. The number of amides is 2. The Morgan fingerprint density at radius 2 is 1.55 bits per heavy atom. The molecule has 2 aromatic carbocycles. The minimum absolute atomic E-state index is 0. The van der Waals surface area contributed by atoms with Crippen LogP contribution in [0.3, 0.4) is 0 Å². The molecule has 0 heterocycles. The van der Waals surface area contributed by atoms with Crippen LogP contribution in [0.25, 0.3) is 0 Å². The van der Waals surface area contributed by atoms with Crippen molar-refractivity contribution in [3.8, 4) is 0 Å². The van der Waals surface area contributed by atoms with E-state index in [1.807, 2.05) is 0 Å². The summed E-state index contributed by atoms with van der Waals surface area (Å²) in [6.45, 7) is 0. The van der Waals surface area contributed by atoms with Crippen molar-refractivity contribution in [2.45, 2.75) is 44.3 Å². The molecule has 2 amide bonds. The van der Waals surface area contributed by atoms with Crippen LogP contribution >= 0.6 is 0 Å². The summed E-state index contributed by atoms with van der Waals surface area (Å²) in [7, 11) is -2.62. The number of esters is 1. The second-order valence-corrected chi connectivity index (χ2v) is 9.46. The van der Waals surface area contributed by atoms with E-state index in [0.717, 1.165) is 55.3 Å². The van der Waals surface area contributed by atoms with Crippen LogP contribution in [0.15, 0.2) is 30.3 Å². The van der Waals surface area contributed by atoms with Crippen molar-refractivity contribution in [3.63, 3.8) is 0 Å². The molecule has 7 nitrogen and oxygen atoms in total. The predicted octanol–water partition coefficient (Wildman–Crippen LogP) is 2.72. The Morgan fingerprint density at radius 1 is 0.968 bits per heavy atom. The first-order valence-corrected chi connectivity index (χ1v) is 11.7. The summed E-state index contributed by atoms with van der Waals surface area (Å²) in [5.41, 5.74) is 6.40. The molecule has 159 valence electrons. The Labute approximate surface area is 204 Å². The summed E-state index contributed by atoms with van der Waals surface area (Å²) >= 11 is 0. The van der Waals surface area contributed by atoms with Crippen LogP contribution in [-0.4, -0.2) is 57.1 Å². The largest absolute Gasteiger partial charge is 0.465 e. The topological polar surface area (TPSA) is 102 Å². The summed E-state index contributed by atoms with van der Waals surface area (Å²) in [4.78, 5) is 24.0.